The van der Waals surface area contributed by atoms with Gasteiger partial charge in [0.15, 0.2) is 0 Å². The van der Waals surface area contributed by atoms with E-state index in [1.807, 2.05) is 85.6 Å². The quantitative estimate of drug-likeness (QED) is 0.0776. The molecule has 0 atom stereocenters. The first-order valence-corrected chi connectivity index (χ1v) is 27.8. The van der Waals surface area contributed by atoms with Gasteiger partial charge in [-0.25, -0.2) is 0 Å². The van der Waals surface area contributed by atoms with Crippen LogP contribution < -0.4 is 0 Å². The molecule has 8 aromatic rings. The largest absolute Gasteiger partial charge is 0.380 e. The van der Waals surface area contributed by atoms with Crippen molar-refractivity contribution in [1.82, 2.24) is 18.9 Å². The zero-order valence-electron chi connectivity index (χ0n) is 46.0. The molecule has 4 amide bonds. The molecule has 2 saturated heterocycles. The summed E-state index contributed by atoms with van der Waals surface area (Å²) in [6.07, 6.45) is 3.51. The van der Waals surface area contributed by atoms with E-state index in [1.54, 1.807) is 88.4 Å². The molecular weight excluding hydrogens is 1080 g/mol. The number of fused-ring (bicyclic) bond motifs is 2. The van der Waals surface area contributed by atoms with Gasteiger partial charge >= 0.3 is 17.8 Å². The number of carbonyl (C=O) groups is 4. The molecular formula is C65H54F6N4O4S2. The number of allylic oxidation sites excluding steroid dienone is 4. The summed E-state index contributed by atoms with van der Waals surface area (Å²) >= 11 is 1.96. The minimum atomic E-state index is -5.78. The number of benzene rings is 4. The van der Waals surface area contributed by atoms with Crippen molar-refractivity contribution < 1.29 is 45.5 Å². The lowest BCUT2D eigenvalue weighted by molar-refractivity contribution is -0.254. The van der Waals surface area contributed by atoms with Gasteiger partial charge in [0.1, 0.15) is 0 Å². The van der Waals surface area contributed by atoms with Gasteiger partial charge in [0.2, 0.25) is 0 Å². The van der Waals surface area contributed by atoms with Crippen molar-refractivity contribution in [1.29, 1.82) is 0 Å². The van der Waals surface area contributed by atoms with E-state index in [9.17, 15) is 19.2 Å². The number of amides is 4. The van der Waals surface area contributed by atoms with Crippen LogP contribution in [0.1, 0.15) is 82.2 Å². The monoisotopic (exact) mass is 1130 g/mol. The Morgan fingerprint density at radius 3 is 1.17 bits per heavy atom. The second kappa shape index (κ2) is 19.6. The lowest BCUT2D eigenvalue weighted by Gasteiger charge is -2.25. The molecule has 2 aliphatic heterocycles. The first-order valence-electron chi connectivity index (χ1n) is 26.1. The lowest BCUT2D eigenvalue weighted by atomic mass is 9.94. The van der Waals surface area contributed by atoms with E-state index in [0.717, 1.165) is 67.0 Å². The maximum Gasteiger partial charge on any atom is 0.380 e. The molecule has 4 aromatic carbocycles. The third-order valence-electron chi connectivity index (χ3n) is 16.0. The number of nitrogens with zero attached hydrogens (tertiary/aromatic N) is 4. The number of carbonyl (C=O) groups excluding carboxylic acids is 4. The van der Waals surface area contributed by atoms with Crippen molar-refractivity contribution in [3.8, 4) is 20.9 Å². The average Bonchev–Trinajstić information content (AvgIpc) is 4.36. The predicted octanol–water partition coefficient (Wildman–Crippen LogP) is 15.8. The Morgan fingerprint density at radius 1 is 0.494 bits per heavy atom. The molecule has 2 fully saturated rings. The van der Waals surface area contributed by atoms with Crippen molar-refractivity contribution in [2.45, 2.75) is 86.2 Å². The predicted molar refractivity (Wildman–Crippen MR) is 310 cm³/mol. The van der Waals surface area contributed by atoms with Gasteiger partial charge in [-0.1, -0.05) is 96.1 Å². The number of aryl methyl sites for hydroxylation is 6. The second-order valence-electron chi connectivity index (χ2n) is 21.5. The summed E-state index contributed by atoms with van der Waals surface area (Å²) in [7, 11) is 3.81. The fraction of sp³-hybridized carbons (Fsp3) is 0.231. The number of likely N-dealkylation sites (tertiary alicyclic amines) is 2. The highest BCUT2D eigenvalue weighted by Gasteiger charge is 2.80. The Morgan fingerprint density at radius 2 is 0.840 bits per heavy atom. The van der Waals surface area contributed by atoms with Crippen LogP contribution in [0, 0.1) is 27.7 Å². The number of imide groups is 2. The van der Waals surface area contributed by atoms with Gasteiger partial charge < -0.3 is 9.13 Å². The number of thiophene rings is 2. The van der Waals surface area contributed by atoms with E-state index < -0.39 is 63.7 Å². The van der Waals surface area contributed by atoms with Crippen molar-refractivity contribution in [3.63, 3.8) is 0 Å². The second-order valence-corrected chi connectivity index (χ2v) is 24.0. The first kappa shape index (κ1) is 54.9. The number of aromatic nitrogens is 2. The molecule has 0 spiro atoms. The van der Waals surface area contributed by atoms with Gasteiger partial charge in [-0.05, 0) is 136 Å². The Bertz CT molecular complexity index is 3880. The lowest BCUT2D eigenvalue weighted by Crippen LogP contribution is -2.48. The van der Waals surface area contributed by atoms with Crippen LogP contribution in [-0.4, -0.2) is 60.3 Å². The molecule has 1 aliphatic carbocycles. The van der Waals surface area contributed by atoms with Crippen molar-refractivity contribution in [2.75, 3.05) is 0 Å². The van der Waals surface area contributed by atoms with Crippen LogP contribution in [0.15, 0.2) is 143 Å². The van der Waals surface area contributed by atoms with Gasteiger partial charge in [-0.2, -0.15) is 26.3 Å². The van der Waals surface area contributed by atoms with Crippen molar-refractivity contribution >= 4 is 91.4 Å². The number of hydrogen-bond donors (Lipinski definition) is 0. The topological polar surface area (TPSA) is 84.6 Å². The molecule has 412 valence electrons. The van der Waals surface area contributed by atoms with Crippen LogP contribution in [0.25, 0.3) is 66.0 Å². The summed E-state index contributed by atoms with van der Waals surface area (Å²) < 4.78 is 101. The molecule has 3 aliphatic rings. The van der Waals surface area contributed by atoms with Crippen molar-refractivity contribution in [2.24, 2.45) is 14.1 Å². The molecule has 0 N–H and O–H groups in total. The van der Waals surface area contributed by atoms with E-state index in [0.29, 0.717) is 54.3 Å². The highest BCUT2D eigenvalue weighted by atomic mass is 32.1. The highest BCUT2D eigenvalue weighted by Crippen LogP contribution is 2.66. The minimum absolute atomic E-state index is 0.0856. The van der Waals surface area contributed by atoms with Gasteiger partial charge in [-0.15, -0.1) is 22.7 Å². The Hall–Kier alpha value is -8.08. The van der Waals surface area contributed by atoms with Crippen LogP contribution in [0.2, 0.25) is 0 Å². The van der Waals surface area contributed by atoms with Crippen molar-refractivity contribution in [3.05, 3.63) is 197 Å². The number of halogens is 6. The minimum Gasteiger partial charge on any atom is -0.344 e. The van der Waals surface area contributed by atoms with E-state index in [4.69, 9.17) is 0 Å². The van der Waals surface area contributed by atoms with Crippen LogP contribution in [0.3, 0.4) is 0 Å². The average molecular weight is 1130 g/mol. The van der Waals surface area contributed by atoms with E-state index in [1.165, 1.54) is 35.8 Å². The van der Waals surface area contributed by atoms with Crippen LogP contribution in [0.4, 0.5) is 26.3 Å². The van der Waals surface area contributed by atoms with Gasteiger partial charge in [0, 0.05) is 77.9 Å². The molecule has 0 unspecified atom stereocenters. The molecule has 0 saturated carbocycles. The van der Waals surface area contributed by atoms with E-state index in [2.05, 4.69) is 0 Å². The number of hydrogen-bond acceptors (Lipinski definition) is 6. The third-order valence-corrected chi connectivity index (χ3v) is 18.2. The first-order chi connectivity index (χ1) is 38.3. The summed E-state index contributed by atoms with van der Waals surface area (Å²) in [5.41, 5.74) is 6.21. The molecule has 11 rings (SSSR count). The third kappa shape index (κ3) is 8.46. The molecule has 8 nitrogen and oxygen atoms in total. The standard InChI is InChI=1S/C65H54F6N4O4S2/c1-33(2)55-47(27-51-35(5)43-15-11-13-17-49(43)72(51)9)59(76)74(61(55)78)31-39-19-23-41(24-20-39)53-29-45(37(7)80-53)57-58(64(68,69)65(70,71)63(57,66)67)46-30-54(81-38(46)8)42-25-21-40(22-26-42)32-75-60(77)48(56(34(3)4)62(75)79)28-52-36(6)44-16-12-14-18-50(44)73(52)10/h11-30H,31-32H2,1-10H3/b47-27-,48-28-. The number of rotatable bonds is 10. The molecule has 4 aromatic heterocycles. The smallest absolute Gasteiger partial charge is 0.344 e. The summed E-state index contributed by atoms with van der Waals surface area (Å²) in [6, 6.07) is 31.4. The molecule has 16 heteroatoms. The Labute approximate surface area is 471 Å². The summed E-state index contributed by atoms with van der Waals surface area (Å²) in [6.45, 7) is 13.7. The number of alkyl halides is 6. The molecule has 81 heavy (non-hydrogen) atoms. The zero-order valence-corrected chi connectivity index (χ0v) is 47.6. The fourth-order valence-electron chi connectivity index (χ4n) is 11.7. The highest BCUT2D eigenvalue weighted by molar-refractivity contribution is 7.16. The van der Waals surface area contributed by atoms with Crippen LogP contribution in [0.5, 0.6) is 0 Å². The number of para-hydroxylation sites is 2. The zero-order chi connectivity index (χ0) is 58.1. The summed E-state index contributed by atoms with van der Waals surface area (Å²) in [4.78, 5) is 59.3. The maximum absolute atomic E-state index is 16.3. The maximum atomic E-state index is 16.3. The van der Waals surface area contributed by atoms with Gasteiger partial charge in [0.05, 0.1) is 35.4 Å². The summed E-state index contributed by atoms with van der Waals surface area (Å²) in [5, 5.41) is 2.05. The Balaban J connectivity index is 0.862. The Kier molecular flexibility index (Phi) is 13.3. The molecule has 0 radical (unpaired) electrons. The molecule has 0 bridgehead atoms. The SMILES string of the molecule is CC(C)=C1C(=O)N(Cc2ccc(-c3cc(C4=C(c5cc(-c6ccc(CN7C(=O)C(=C(C)C)/C(=C/c8c(C)c9ccccc9n8C)C7=O)cc6)sc5C)C(F)(F)C(F)(F)C4(F)F)c(C)s3)cc2)C(=O)/C1=C\c1c(C)c2ccccc2n1C. The summed E-state index contributed by atoms with van der Waals surface area (Å²) in [5.74, 6) is -18.2. The van der Waals surface area contributed by atoms with Gasteiger partial charge in [-0.3, -0.25) is 29.0 Å². The fourth-order valence-corrected chi connectivity index (χ4v) is 13.8. The van der Waals surface area contributed by atoms with E-state index >= 15 is 26.3 Å². The molecule has 6 heterocycles. The van der Waals surface area contributed by atoms with E-state index in [-0.39, 0.29) is 34.0 Å². The normalized spacial score (nSPS) is 18.0. The van der Waals surface area contributed by atoms with Crippen LogP contribution >= 0.6 is 22.7 Å². The van der Waals surface area contributed by atoms with Crippen LogP contribution in [-0.2, 0) is 46.4 Å². The van der Waals surface area contributed by atoms with Gasteiger partial charge in [0.25, 0.3) is 23.6 Å².